The van der Waals surface area contributed by atoms with Gasteiger partial charge in [-0.3, -0.25) is 4.79 Å². The van der Waals surface area contributed by atoms with Crippen LogP contribution in [0, 0.1) is 12.8 Å². The van der Waals surface area contributed by atoms with Gasteiger partial charge in [0, 0.05) is 44.0 Å². The molecular formula is C27H35N5O3. The number of rotatable bonds is 10. The second-order valence-corrected chi connectivity index (χ2v) is 8.98. The van der Waals surface area contributed by atoms with Crippen LogP contribution in [0.3, 0.4) is 0 Å². The second-order valence-electron chi connectivity index (χ2n) is 8.98. The minimum absolute atomic E-state index is 0.0841. The van der Waals surface area contributed by atoms with Crippen molar-refractivity contribution in [2.24, 2.45) is 5.92 Å². The molecule has 186 valence electrons. The summed E-state index contributed by atoms with van der Waals surface area (Å²) in [4.78, 5) is 21.8. The van der Waals surface area contributed by atoms with Crippen LogP contribution in [0.5, 0.6) is 5.75 Å². The van der Waals surface area contributed by atoms with Crippen LogP contribution in [0.1, 0.15) is 31.7 Å². The Bertz CT molecular complexity index is 1100. The van der Waals surface area contributed by atoms with E-state index in [1.807, 2.05) is 29.2 Å². The van der Waals surface area contributed by atoms with Crippen molar-refractivity contribution in [1.82, 2.24) is 15.5 Å². The van der Waals surface area contributed by atoms with Crippen LogP contribution in [0.2, 0.25) is 0 Å². The van der Waals surface area contributed by atoms with Gasteiger partial charge in [0.05, 0.1) is 13.0 Å². The molecule has 35 heavy (non-hydrogen) atoms. The summed E-state index contributed by atoms with van der Waals surface area (Å²) in [6, 6.07) is 16.5. The fraction of sp³-hybridized carbons (Fsp3) is 0.444. The lowest BCUT2D eigenvalue weighted by atomic mass is 9.97. The summed E-state index contributed by atoms with van der Waals surface area (Å²) in [5.74, 6) is 1.32. The van der Waals surface area contributed by atoms with Crippen LogP contribution < -0.4 is 19.9 Å². The number of ether oxygens (including phenoxy) is 1. The lowest BCUT2D eigenvalue weighted by Crippen LogP contribution is -2.43. The number of amides is 1. The minimum Gasteiger partial charge on any atom is -0.497 e. The zero-order chi connectivity index (χ0) is 24.6. The van der Waals surface area contributed by atoms with Gasteiger partial charge in [0.25, 0.3) is 0 Å². The van der Waals surface area contributed by atoms with Gasteiger partial charge in [-0.25, -0.2) is 0 Å². The van der Waals surface area contributed by atoms with E-state index in [0.29, 0.717) is 24.9 Å². The van der Waals surface area contributed by atoms with Crippen LogP contribution in [0.25, 0.3) is 11.4 Å². The Morgan fingerprint density at radius 2 is 2.09 bits per heavy atom. The fourth-order valence-corrected chi connectivity index (χ4v) is 4.49. The molecule has 4 rings (SSSR count). The number of aromatic nitrogens is 2. The molecule has 1 atom stereocenters. The average Bonchev–Trinajstić information content (AvgIpc) is 3.39. The van der Waals surface area contributed by atoms with Crippen LogP contribution in [-0.2, 0) is 4.79 Å². The number of piperidine rings is 1. The highest BCUT2D eigenvalue weighted by atomic mass is 16.5. The fourth-order valence-electron chi connectivity index (χ4n) is 4.49. The number of methoxy groups -OCH3 is 1. The van der Waals surface area contributed by atoms with E-state index < -0.39 is 0 Å². The second kappa shape index (κ2) is 11.7. The first-order valence-electron chi connectivity index (χ1n) is 12.4. The molecule has 1 aromatic heterocycles. The molecule has 2 heterocycles. The van der Waals surface area contributed by atoms with E-state index in [9.17, 15) is 4.79 Å². The normalized spacial score (nSPS) is 15.6. The Morgan fingerprint density at radius 1 is 1.26 bits per heavy atom. The van der Waals surface area contributed by atoms with Gasteiger partial charge in [0.15, 0.2) is 0 Å². The summed E-state index contributed by atoms with van der Waals surface area (Å²) in [5, 5.41) is 7.27. The van der Waals surface area contributed by atoms with Crippen molar-refractivity contribution in [1.29, 1.82) is 0 Å². The number of benzene rings is 2. The predicted molar refractivity (Wildman–Crippen MR) is 138 cm³/mol. The number of hydrogen-bond donors (Lipinski definition) is 1. The number of nitrogens with one attached hydrogen (secondary N) is 1. The molecule has 2 aromatic carbocycles. The maximum atomic E-state index is 12.9. The van der Waals surface area contributed by atoms with Crippen molar-refractivity contribution in [3.05, 3.63) is 54.1 Å². The molecule has 0 radical (unpaired) electrons. The van der Waals surface area contributed by atoms with Crippen molar-refractivity contribution >= 4 is 17.6 Å². The molecular weight excluding hydrogens is 442 g/mol. The maximum absolute atomic E-state index is 12.9. The quantitative estimate of drug-likeness (QED) is 0.436. The van der Waals surface area contributed by atoms with E-state index in [-0.39, 0.29) is 11.8 Å². The molecule has 0 spiro atoms. The van der Waals surface area contributed by atoms with Gasteiger partial charge in [0.1, 0.15) is 5.75 Å². The van der Waals surface area contributed by atoms with Gasteiger partial charge in [-0.05, 0) is 75.1 Å². The van der Waals surface area contributed by atoms with Crippen LogP contribution in [-0.4, -0.2) is 55.9 Å². The zero-order valence-electron chi connectivity index (χ0n) is 20.9. The monoisotopic (exact) mass is 477 g/mol. The topological polar surface area (TPSA) is 83.7 Å². The molecule has 1 N–H and O–H groups in total. The maximum Gasteiger partial charge on any atom is 0.324 e. The van der Waals surface area contributed by atoms with Crippen molar-refractivity contribution < 1.29 is 14.1 Å². The summed E-state index contributed by atoms with van der Waals surface area (Å²) in [6.07, 6.45) is 2.68. The lowest BCUT2D eigenvalue weighted by Gasteiger charge is -2.30. The standard InChI is InChI=1S/C27H35N5O3/c1-4-31(23-10-5-8-20(2)18-23)17-7-15-28-26(33)22-9-6-16-32(19-22)27-29-25(30-35-27)21-11-13-24(34-3)14-12-21/h5,8,10-14,18,22H,4,6-7,9,15-17,19H2,1-3H3,(H,28,33)/t22-/m0/s1. The SMILES string of the molecule is CCN(CCCNC(=O)[C@H]1CCCN(c2nc(-c3ccc(OC)cc3)no2)C1)c1cccc(C)c1. The largest absolute Gasteiger partial charge is 0.497 e. The molecule has 8 nitrogen and oxygen atoms in total. The Kier molecular flexibility index (Phi) is 8.23. The minimum atomic E-state index is -0.0841. The van der Waals surface area contributed by atoms with E-state index in [0.717, 1.165) is 50.2 Å². The van der Waals surface area contributed by atoms with Crippen LogP contribution >= 0.6 is 0 Å². The molecule has 1 aliphatic heterocycles. The molecule has 3 aromatic rings. The van der Waals surface area contributed by atoms with E-state index in [2.05, 4.69) is 58.5 Å². The van der Waals surface area contributed by atoms with Crippen molar-refractivity contribution in [2.45, 2.75) is 33.1 Å². The van der Waals surface area contributed by atoms with E-state index in [4.69, 9.17) is 9.26 Å². The third kappa shape index (κ3) is 6.32. The predicted octanol–water partition coefficient (Wildman–Crippen LogP) is 4.30. The Morgan fingerprint density at radius 3 is 2.83 bits per heavy atom. The average molecular weight is 478 g/mol. The Balaban J connectivity index is 1.26. The van der Waals surface area contributed by atoms with Gasteiger partial charge in [0.2, 0.25) is 11.7 Å². The van der Waals surface area contributed by atoms with Crippen LogP contribution in [0.4, 0.5) is 11.7 Å². The van der Waals surface area contributed by atoms with Crippen molar-refractivity contribution in [3.8, 4) is 17.1 Å². The van der Waals surface area contributed by atoms with E-state index in [1.165, 1.54) is 11.3 Å². The van der Waals surface area contributed by atoms with Crippen LogP contribution in [0.15, 0.2) is 53.1 Å². The Hall–Kier alpha value is -3.55. The summed E-state index contributed by atoms with van der Waals surface area (Å²) in [5.41, 5.74) is 3.35. The van der Waals surface area contributed by atoms with Crippen molar-refractivity contribution in [3.63, 3.8) is 0 Å². The van der Waals surface area contributed by atoms with Gasteiger partial charge in [-0.15, -0.1) is 0 Å². The first kappa shape index (κ1) is 24.6. The summed E-state index contributed by atoms with van der Waals surface area (Å²) < 4.78 is 10.7. The van der Waals surface area contributed by atoms with Gasteiger partial charge >= 0.3 is 6.01 Å². The van der Waals surface area contributed by atoms with Crippen molar-refractivity contribution in [2.75, 3.05) is 49.6 Å². The number of nitrogens with zero attached hydrogens (tertiary/aromatic N) is 4. The lowest BCUT2D eigenvalue weighted by molar-refractivity contribution is -0.125. The third-order valence-electron chi connectivity index (χ3n) is 6.48. The van der Waals surface area contributed by atoms with E-state index in [1.54, 1.807) is 7.11 Å². The molecule has 8 heteroatoms. The Labute approximate surface area is 207 Å². The number of carbonyl (C=O) groups is 1. The summed E-state index contributed by atoms with van der Waals surface area (Å²) in [6.45, 7) is 8.18. The zero-order valence-corrected chi connectivity index (χ0v) is 20.9. The van der Waals surface area contributed by atoms with Gasteiger partial charge < -0.3 is 24.4 Å². The molecule has 0 unspecified atom stereocenters. The number of aryl methyl sites for hydroxylation is 1. The highest BCUT2D eigenvalue weighted by molar-refractivity contribution is 5.79. The molecule has 0 bridgehead atoms. The molecule has 1 fully saturated rings. The van der Waals surface area contributed by atoms with Gasteiger partial charge in [-0.1, -0.05) is 17.3 Å². The third-order valence-corrected chi connectivity index (χ3v) is 6.48. The first-order valence-corrected chi connectivity index (χ1v) is 12.4. The number of hydrogen-bond acceptors (Lipinski definition) is 7. The highest BCUT2D eigenvalue weighted by Crippen LogP contribution is 2.26. The molecule has 1 aliphatic rings. The molecule has 1 amide bonds. The summed E-state index contributed by atoms with van der Waals surface area (Å²) in [7, 11) is 1.63. The smallest absolute Gasteiger partial charge is 0.324 e. The summed E-state index contributed by atoms with van der Waals surface area (Å²) >= 11 is 0. The van der Waals surface area contributed by atoms with Gasteiger partial charge in [-0.2, -0.15) is 4.98 Å². The molecule has 0 saturated carbocycles. The van der Waals surface area contributed by atoms with E-state index >= 15 is 0 Å². The number of anilines is 2. The first-order chi connectivity index (χ1) is 17.1. The number of carbonyl (C=O) groups excluding carboxylic acids is 1. The highest BCUT2D eigenvalue weighted by Gasteiger charge is 2.28. The molecule has 1 saturated heterocycles. The molecule has 0 aliphatic carbocycles.